The summed E-state index contributed by atoms with van der Waals surface area (Å²) in [6.45, 7) is 4.18. The molecule has 1 amide bonds. The lowest BCUT2D eigenvalue weighted by atomic mass is 10.2. The molecule has 2 N–H and O–H groups in total. The third-order valence-electron chi connectivity index (χ3n) is 2.99. The molecule has 0 radical (unpaired) electrons. The van der Waals surface area contributed by atoms with Crippen molar-refractivity contribution in [2.45, 2.75) is 19.9 Å². The number of nitrogens with one attached hydrogen (secondary N) is 2. The van der Waals surface area contributed by atoms with E-state index in [1.54, 1.807) is 6.26 Å². The van der Waals surface area contributed by atoms with Crippen LogP contribution in [0.4, 0.5) is 5.69 Å². The van der Waals surface area contributed by atoms with Crippen LogP contribution in [0.15, 0.2) is 45.5 Å². The molecule has 0 saturated carbocycles. The molecule has 0 aliphatic heterocycles. The molecule has 1 aromatic carbocycles. The Morgan fingerprint density at radius 2 is 2.20 bits per heavy atom. The van der Waals surface area contributed by atoms with Gasteiger partial charge in [-0.1, -0.05) is 22.0 Å². The summed E-state index contributed by atoms with van der Waals surface area (Å²) >= 11 is 3.45. The van der Waals surface area contributed by atoms with Crippen LogP contribution in [0.3, 0.4) is 0 Å². The SMILES string of the molecule is Cc1ccc(NC(=O)CN[C@@H](C)c2ccco2)cc1Br. The largest absolute Gasteiger partial charge is 0.468 e. The van der Waals surface area contributed by atoms with Crippen molar-refractivity contribution in [3.8, 4) is 0 Å². The van der Waals surface area contributed by atoms with Crippen LogP contribution in [-0.4, -0.2) is 12.5 Å². The van der Waals surface area contributed by atoms with Crippen molar-refractivity contribution < 1.29 is 9.21 Å². The van der Waals surface area contributed by atoms with E-state index >= 15 is 0 Å². The highest BCUT2D eigenvalue weighted by Gasteiger charge is 2.10. The minimum absolute atomic E-state index is 0.000467. The van der Waals surface area contributed by atoms with Gasteiger partial charge in [0.2, 0.25) is 5.91 Å². The summed E-state index contributed by atoms with van der Waals surface area (Å²) in [5.41, 5.74) is 1.91. The van der Waals surface area contributed by atoms with E-state index in [-0.39, 0.29) is 18.5 Å². The number of benzene rings is 1. The van der Waals surface area contributed by atoms with Gasteiger partial charge in [0, 0.05) is 10.2 Å². The molecule has 0 unspecified atom stereocenters. The van der Waals surface area contributed by atoms with Crippen LogP contribution in [0.1, 0.15) is 24.3 Å². The van der Waals surface area contributed by atoms with Crippen LogP contribution in [0.5, 0.6) is 0 Å². The van der Waals surface area contributed by atoms with E-state index in [1.807, 2.05) is 44.2 Å². The second-order valence-electron chi connectivity index (χ2n) is 4.63. The average Bonchev–Trinajstić information content (AvgIpc) is 2.94. The molecule has 1 aromatic heterocycles. The number of rotatable bonds is 5. The van der Waals surface area contributed by atoms with Gasteiger partial charge in [0.15, 0.2) is 0 Å². The highest BCUT2D eigenvalue weighted by atomic mass is 79.9. The van der Waals surface area contributed by atoms with Crippen molar-refractivity contribution in [2.24, 2.45) is 0 Å². The van der Waals surface area contributed by atoms with Crippen molar-refractivity contribution in [3.05, 3.63) is 52.4 Å². The molecule has 0 aliphatic carbocycles. The summed E-state index contributed by atoms with van der Waals surface area (Å²) in [5, 5.41) is 5.96. The van der Waals surface area contributed by atoms with Gasteiger partial charge in [-0.25, -0.2) is 0 Å². The van der Waals surface area contributed by atoms with E-state index in [2.05, 4.69) is 26.6 Å². The van der Waals surface area contributed by atoms with Crippen LogP contribution >= 0.6 is 15.9 Å². The summed E-state index contributed by atoms with van der Waals surface area (Å²) in [6.07, 6.45) is 1.62. The number of hydrogen-bond donors (Lipinski definition) is 2. The number of furan rings is 1. The molecule has 0 fully saturated rings. The Labute approximate surface area is 126 Å². The normalized spacial score (nSPS) is 12.2. The van der Waals surface area contributed by atoms with Crippen molar-refractivity contribution >= 4 is 27.5 Å². The maximum atomic E-state index is 11.9. The predicted molar refractivity (Wildman–Crippen MR) is 82.6 cm³/mol. The lowest BCUT2D eigenvalue weighted by Gasteiger charge is -2.12. The Bertz CT molecular complexity index is 582. The van der Waals surface area contributed by atoms with Gasteiger partial charge in [0.05, 0.1) is 18.8 Å². The summed E-state index contributed by atoms with van der Waals surface area (Å²) in [7, 11) is 0. The number of halogens is 1. The van der Waals surface area contributed by atoms with Gasteiger partial charge >= 0.3 is 0 Å². The third-order valence-corrected chi connectivity index (χ3v) is 3.85. The Kier molecular flexibility index (Phi) is 4.98. The number of carbonyl (C=O) groups excluding carboxylic acids is 1. The first-order chi connectivity index (χ1) is 9.56. The second kappa shape index (κ2) is 6.72. The molecule has 0 bridgehead atoms. The zero-order valence-corrected chi connectivity index (χ0v) is 13.0. The first kappa shape index (κ1) is 14.8. The van der Waals surface area contributed by atoms with Gasteiger partial charge in [0.1, 0.15) is 5.76 Å². The van der Waals surface area contributed by atoms with E-state index in [0.717, 1.165) is 21.5 Å². The minimum Gasteiger partial charge on any atom is -0.468 e. The van der Waals surface area contributed by atoms with Crippen LogP contribution in [0.2, 0.25) is 0 Å². The van der Waals surface area contributed by atoms with Crippen LogP contribution < -0.4 is 10.6 Å². The number of amides is 1. The smallest absolute Gasteiger partial charge is 0.238 e. The van der Waals surface area contributed by atoms with Crippen LogP contribution in [0.25, 0.3) is 0 Å². The minimum atomic E-state index is -0.0841. The molecule has 2 rings (SSSR count). The molecular weight excluding hydrogens is 320 g/mol. The van der Waals surface area contributed by atoms with Crippen molar-refractivity contribution in [1.82, 2.24) is 5.32 Å². The zero-order valence-electron chi connectivity index (χ0n) is 11.4. The molecule has 20 heavy (non-hydrogen) atoms. The van der Waals surface area contributed by atoms with E-state index in [1.165, 1.54) is 0 Å². The average molecular weight is 337 g/mol. The van der Waals surface area contributed by atoms with Gasteiger partial charge < -0.3 is 9.73 Å². The quantitative estimate of drug-likeness (QED) is 0.876. The van der Waals surface area contributed by atoms with E-state index < -0.39 is 0 Å². The van der Waals surface area contributed by atoms with Gasteiger partial charge in [-0.05, 0) is 43.7 Å². The Morgan fingerprint density at radius 1 is 1.40 bits per heavy atom. The van der Waals surface area contributed by atoms with Gasteiger partial charge in [0.25, 0.3) is 0 Å². The highest BCUT2D eigenvalue weighted by Crippen LogP contribution is 2.20. The van der Waals surface area contributed by atoms with E-state index in [0.29, 0.717) is 0 Å². The Hall–Kier alpha value is -1.59. The molecule has 2 aromatic rings. The van der Waals surface area contributed by atoms with Gasteiger partial charge in [-0.3, -0.25) is 10.1 Å². The molecule has 0 aliphatic rings. The maximum absolute atomic E-state index is 11.9. The van der Waals surface area contributed by atoms with Crippen molar-refractivity contribution in [3.63, 3.8) is 0 Å². The molecule has 5 heteroatoms. The monoisotopic (exact) mass is 336 g/mol. The van der Waals surface area contributed by atoms with Gasteiger partial charge in [-0.2, -0.15) is 0 Å². The molecule has 1 atom stereocenters. The number of carbonyl (C=O) groups is 1. The summed E-state index contributed by atoms with van der Waals surface area (Å²) in [6, 6.07) is 9.44. The second-order valence-corrected chi connectivity index (χ2v) is 5.48. The Morgan fingerprint density at radius 3 is 2.85 bits per heavy atom. The highest BCUT2D eigenvalue weighted by molar-refractivity contribution is 9.10. The first-order valence-corrected chi connectivity index (χ1v) is 7.18. The van der Waals surface area contributed by atoms with Crippen LogP contribution in [0, 0.1) is 6.92 Å². The van der Waals surface area contributed by atoms with Gasteiger partial charge in [-0.15, -0.1) is 0 Å². The molecule has 106 valence electrons. The molecule has 4 nitrogen and oxygen atoms in total. The Balaban J connectivity index is 1.85. The fourth-order valence-electron chi connectivity index (χ4n) is 1.76. The summed E-state index contributed by atoms with van der Waals surface area (Å²) in [5.74, 6) is 0.732. The van der Waals surface area contributed by atoms with Crippen molar-refractivity contribution in [2.75, 3.05) is 11.9 Å². The topological polar surface area (TPSA) is 54.3 Å². The molecule has 0 spiro atoms. The molecular formula is C15H17BrN2O2. The molecule has 0 saturated heterocycles. The maximum Gasteiger partial charge on any atom is 0.238 e. The fraction of sp³-hybridized carbons (Fsp3) is 0.267. The third kappa shape index (κ3) is 3.95. The summed E-state index contributed by atoms with van der Waals surface area (Å²) < 4.78 is 6.25. The van der Waals surface area contributed by atoms with E-state index in [4.69, 9.17) is 4.42 Å². The standard InChI is InChI=1S/C15H17BrN2O2/c1-10-5-6-12(8-13(10)16)18-15(19)9-17-11(2)14-4-3-7-20-14/h3-8,11,17H,9H2,1-2H3,(H,18,19)/t11-/m0/s1. The first-order valence-electron chi connectivity index (χ1n) is 6.39. The zero-order chi connectivity index (χ0) is 14.5. The number of aryl methyl sites for hydroxylation is 1. The lowest BCUT2D eigenvalue weighted by Crippen LogP contribution is -2.29. The van der Waals surface area contributed by atoms with Crippen molar-refractivity contribution in [1.29, 1.82) is 0 Å². The fourth-order valence-corrected chi connectivity index (χ4v) is 2.14. The molecule has 1 heterocycles. The summed E-state index contributed by atoms with van der Waals surface area (Å²) in [4.78, 5) is 11.9. The number of anilines is 1. The number of hydrogen-bond acceptors (Lipinski definition) is 3. The predicted octanol–water partition coefficient (Wildman–Crippen LogP) is 3.64. The van der Waals surface area contributed by atoms with E-state index in [9.17, 15) is 4.79 Å². The lowest BCUT2D eigenvalue weighted by molar-refractivity contribution is -0.115. The van der Waals surface area contributed by atoms with Crippen LogP contribution in [-0.2, 0) is 4.79 Å².